The Morgan fingerprint density at radius 3 is 2.06 bits per heavy atom. The first-order valence-electron chi connectivity index (χ1n) is 3.61. The second-order valence-corrected chi connectivity index (χ2v) is 4.42. The SMILES string of the molecule is C#C.COC(=O)c1c(Cl)sc(Cl)c1C(=O)O. The molecule has 1 aromatic rings. The average molecular weight is 281 g/mol. The molecule has 0 aromatic carbocycles. The van der Waals surface area contributed by atoms with Crippen LogP contribution in [0.4, 0.5) is 0 Å². The van der Waals surface area contributed by atoms with Crippen LogP contribution in [0.2, 0.25) is 8.67 Å². The van der Waals surface area contributed by atoms with Gasteiger partial charge in [0.25, 0.3) is 0 Å². The topological polar surface area (TPSA) is 63.6 Å². The number of hydrogen-bond donors (Lipinski definition) is 1. The Morgan fingerprint density at radius 1 is 1.25 bits per heavy atom. The average Bonchev–Trinajstić information content (AvgIpc) is 2.55. The molecule has 0 amide bonds. The number of halogens is 2. The number of terminal acetylenes is 1. The summed E-state index contributed by atoms with van der Waals surface area (Å²) in [7, 11) is 1.13. The molecule has 0 atom stereocenters. The van der Waals surface area contributed by atoms with Gasteiger partial charge in [-0.2, -0.15) is 0 Å². The van der Waals surface area contributed by atoms with Gasteiger partial charge in [0.05, 0.1) is 7.11 Å². The number of rotatable bonds is 2. The monoisotopic (exact) mass is 280 g/mol. The van der Waals surface area contributed by atoms with Crippen molar-refractivity contribution >= 4 is 46.5 Å². The van der Waals surface area contributed by atoms with Crippen LogP contribution in [0.15, 0.2) is 0 Å². The lowest BCUT2D eigenvalue weighted by atomic mass is 10.2. The smallest absolute Gasteiger partial charge is 0.341 e. The lowest BCUT2D eigenvalue weighted by Crippen LogP contribution is -2.08. The molecule has 0 saturated carbocycles. The van der Waals surface area contributed by atoms with E-state index in [0.29, 0.717) is 0 Å². The first-order valence-corrected chi connectivity index (χ1v) is 5.19. The Morgan fingerprint density at radius 2 is 1.69 bits per heavy atom. The number of ether oxygens (including phenoxy) is 1. The summed E-state index contributed by atoms with van der Waals surface area (Å²) in [4.78, 5) is 21.9. The van der Waals surface area contributed by atoms with Crippen molar-refractivity contribution < 1.29 is 19.4 Å². The van der Waals surface area contributed by atoms with Crippen LogP contribution in [0.25, 0.3) is 0 Å². The van der Waals surface area contributed by atoms with Gasteiger partial charge in [-0.15, -0.1) is 24.2 Å². The molecule has 7 heteroatoms. The third-order valence-corrected chi connectivity index (χ3v) is 3.03. The summed E-state index contributed by atoms with van der Waals surface area (Å²) in [6, 6.07) is 0. The van der Waals surface area contributed by atoms with Crippen LogP contribution in [0.5, 0.6) is 0 Å². The standard InChI is InChI=1S/C7H4Cl2O4S.C2H2/c1-13-7(12)3-2(6(10)11)4(8)14-5(3)9;1-2/h1H3,(H,10,11);1-2H. The molecule has 0 radical (unpaired) electrons. The molecule has 0 bridgehead atoms. The Balaban J connectivity index is 0.00000106. The van der Waals surface area contributed by atoms with Gasteiger partial charge in [-0.05, 0) is 0 Å². The van der Waals surface area contributed by atoms with Crippen LogP contribution in [0.1, 0.15) is 20.7 Å². The molecule has 16 heavy (non-hydrogen) atoms. The van der Waals surface area contributed by atoms with E-state index in [2.05, 4.69) is 17.6 Å². The quantitative estimate of drug-likeness (QED) is 0.668. The molecule has 1 aromatic heterocycles. The van der Waals surface area contributed by atoms with Crippen LogP contribution in [-0.2, 0) is 4.74 Å². The fraction of sp³-hybridized carbons (Fsp3) is 0.111. The van der Waals surface area contributed by atoms with Gasteiger partial charge in [-0.3, -0.25) is 0 Å². The van der Waals surface area contributed by atoms with Gasteiger partial charge in [0.2, 0.25) is 0 Å². The second kappa shape index (κ2) is 6.38. The van der Waals surface area contributed by atoms with Crippen LogP contribution in [0, 0.1) is 12.8 Å². The third-order valence-electron chi connectivity index (χ3n) is 1.43. The van der Waals surface area contributed by atoms with E-state index in [0.717, 1.165) is 18.4 Å². The van der Waals surface area contributed by atoms with E-state index in [4.69, 9.17) is 28.3 Å². The zero-order valence-corrected chi connectivity index (χ0v) is 10.3. The molecular formula is C9H6Cl2O4S. The molecule has 0 spiro atoms. The molecule has 0 aliphatic heterocycles. The Kier molecular flexibility index (Phi) is 5.89. The summed E-state index contributed by atoms with van der Waals surface area (Å²) < 4.78 is 4.36. The summed E-state index contributed by atoms with van der Waals surface area (Å²) in [6.07, 6.45) is 8.00. The largest absolute Gasteiger partial charge is 0.478 e. The number of carbonyl (C=O) groups excluding carboxylic acids is 1. The van der Waals surface area contributed by atoms with Crippen molar-refractivity contribution in [1.29, 1.82) is 0 Å². The Hall–Kier alpha value is -1.22. The molecule has 0 aliphatic rings. The zero-order valence-electron chi connectivity index (χ0n) is 7.99. The summed E-state index contributed by atoms with van der Waals surface area (Å²) in [5, 5.41) is 8.76. The van der Waals surface area contributed by atoms with Crippen molar-refractivity contribution in [2.45, 2.75) is 0 Å². The fourth-order valence-corrected chi connectivity index (χ4v) is 2.52. The molecule has 1 heterocycles. The van der Waals surface area contributed by atoms with Crippen LogP contribution in [-0.4, -0.2) is 24.2 Å². The van der Waals surface area contributed by atoms with Gasteiger partial charge in [-0.25, -0.2) is 9.59 Å². The van der Waals surface area contributed by atoms with Gasteiger partial charge in [0.15, 0.2) is 0 Å². The first-order chi connectivity index (χ1) is 7.49. The minimum atomic E-state index is -1.31. The molecule has 1 rings (SSSR count). The first kappa shape index (κ1) is 14.8. The van der Waals surface area contributed by atoms with Gasteiger partial charge >= 0.3 is 11.9 Å². The van der Waals surface area contributed by atoms with Gasteiger partial charge < -0.3 is 9.84 Å². The summed E-state index contributed by atoms with van der Waals surface area (Å²) in [6.45, 7) is 0. The lowest BCUT2D eigenvalue weighted by Gasteiger charge is -1.98. The van der Waals surface area contributed by atoms with Crippen molar-refractivity contribution in [3.63, 3.8) is 0 Å². The van der Waals surface area contributed by atoms with Crippen molar-refractivity contribution in [3.05, 3.63) is 19.8 Å². The lowest BCUT2D eigenvalue weighted by molar-refractivity contribution is 0.0584. The highest BCUT2D eigenvalue weighted by Gasteiger charge is 2.27. The minimum absolute atomic E-state index is 0.0132. The van der Waals surface area contributed by atoms with Crippen molar-refractivity contribution in [2.75, 3.05) is 7.11 Å². The molecular weight excluding hydrogens is 275 g/mol. The van der Waals surface area contributed by atoms with Gasteiger partial charge in [0.1, 0.15) is 19.8 Å². The van der Waals surface area contributed by atoms with E-state index in [1.807, 2.05) is 0 Å². The molecule has 0 unspecified atom stereocenters. The molecule has 4 nitrogen and oxygen atoms in total. The maximum Gasteiger partial charge on any atom is 0.341 e. The predicted octanol–water partition coefficient (Wildman–Crippen LogP) is 2.79. The Bertz CT molecular complexity index is 436. The number of carbonyl (C=O) groups is 2. The molecule has 86 valence electrons. The number of hydrogen-bond acceptors (Lipinski definition) is 4. The molecule has 0 fully saturated rings. The summed E-state index contributed by atoms with van der Waals surface area (Å²) in [5.41, 5.74) is -0.509. The number of thiophene rings is 1. The van der Waals surface area contributed by atoms with Crippen LogP contribution >= 0.6 is 34.5 Å². The van der Waals surface area contributed by atoms with E-state index in [9.17, 15) is 9.59 Å². The molecule has 0 aliphatic carbocycles. The third kappa shape index (κ3) is 2.89. The second-order valence-electron chi connectivity index (χ2n) is 2.20. The number of methoxy groups -OCH3 is 1. The normalized spacial score (nSPS) is 8.81. The molecule has 0 saturated heterocycles. The van der Waals surface area contributed by atoms with E-state index in [-0.39, 0.29) is 19.8 Å². The molecule has 1 N–H and O–H groups in total. The van der Waals surface area contributed by atoms with E-state index >= 15 is 0 Å². The van der Waals surface area contributed by atoms with E-state index in [1.54, 1.807) is 0 Å². The highest BCUT2D eigenvalue weighted by atomic mass is 35.5. The van der Waals surface area contributed by atoms with E-state index in [1.165, 1.54) is 0 Å². The highest BCUT2D eigenvalue weighted by Crippen LogP contribution is 2.36. The van der Waals surface area contributed by atoms with Crippen LogP contribution in [0.3, 0.4) is 0 Å². The summed E-state index contributed by atoms with van der Waals surface area (Å²) in [5.74, 6) is -2.12. The fourth-order valence-electron chi connectivity index (χ4n) is 0.853. The number of aromatic carboxylic acids is 1. The van der Waals surface area contributed by atoms with Crippen LogP contribution < -0.4 is 0 Å². The van der Waals surface area contributed by atoms with E-state index < -0.39 is 11.9 Å². The van der Waals surface area contributed by atoms with Crippen molar-refractivity contribution in [3.8, 4) is 12.8 Å². The maximum absolute atomic E-state index is 11.2. The predicted molar refractivity (Wildman–Crippen MR) is 62.5 cm³/mol. The number of carboxylic acid groups (broad SMARTS) is 1. The van der Waals surface area contributed by atoms with Gasteiger partial charge in [0, 0.05) is 0 Å². The number of esters is 1. The van der Waals surface area contributed by atoms with Crippen molar-refractivity contribution in [1.82, 2.24) is 0 Å². The Labute approximate surface area is 106 Å². The maximum atomic E-state index is 11.2. The number of carboxylic acids is 1. The highest BCUT2D eigenvalue weighted by molar-refractivity contribution is 7.20. The van der Waals surface area contributed by atoms with Crippen molar-refractivity contribution in [2.24, 2.45) is 0 Å². The minimum Gasteiger partial charge on any atom is -0.478 e. The summed E-state index contributed by atoms with van der Waals surface area (Å²) >= 11 is 12.0. The zero-order chi connectivity index (χ0) is 12.9. The van der Waals surface area contributed by atoms with Gasteiger partial charge in [-0.1, -0.05) is 23.2 Å².